The van der Waals surface area contributed by atoms with Crippen LogP contribution in [-0.2, 0) is 24.3 Å². The molecular formula is C22H23N3O5S. The molecule has 0 radical (unpaired) electrons. The quantitative estimate of drug-likeness (QED) is 0.482. The van der Waals surface area contributed by atoms with Gasteiger partial charge in [0.15, 0.2) is 6.61 Å². The Kier molecular flexibility index (Phi) is 7.05. The number of esters is 1. The van der Waals surface area contributed by atoms with Gasteiger partial charge in [-0.15, -0.1) is 0 Å². The molecule has 8 nitrogen and oxygen atoms in total. The Labute approximate surface area is 181 Å². The van der Waals surface area contributed by atoms with E-state index in [0.29, 0.717) is 18.5 Å². The van der Waals surface area contributed by atoms with E-state index in [2.05, 4.69) is 0 Å². The van der Waals surface area contributed by atoms with Crippen molar-refractivity contribution in [2.45, 2.75) is 30.7 Å². The third-order valence-electron chi connectivity index (χ3n) is 5.04. The Morgan fingerprint density at radius 1 is 1.16 bits per heavy atom. The molecule has 1 aliphatic heterocycles. The molecule has 0 saturated carbocycles. The van der Waals surface area contributed by atoms with Crippen molar-refractivity contribution in [3.8, 4) is 6.07 Å². The summed E-state index contributed by atoms with van der Waals surface area (Å²) in [4.78, 5) is 26.5. The molecule has 0 aliphatic carbocycles. The first-order valence-electron chi connectivity index (χ1n) is 9.82. The molecule has 1 heterocycles. The number of para-hydroxylation sites is 1. The number of hydrogen-bond donors (Lipinski definition) is 0. The van der Waals surface area contributed by atoms with Crippen molar-refractivity contribution in [1.29, 1.82) is 5.26 Å². The van der Waals surface area contributed by atoms with Gasteiger partial charge in [-0.05, 0) is 44.0 Å². The Balaban J connectivity index is 1.68. The van der Waals surface area contributed by atoms with E-state index in [1.165, 1.54) is 17.0 Å². The lowest BCUT2D eigenvalue weighted by atomic mass is 10.2. The van der Waals surface area contributed by atoms with Gasteiger partial charge in [-0.3, -0.25) is 14.5 Å². The number of rotatable bonds is 7. The zero-order valence-electron chi connectivity index (χ0n) is 17.1. The minimum absolute atomic E-state index is 0.109. The SMILES string of the molecule is Cc1ccc(S(=O)(=O)N2CCC[C@H]2C(=O)OCC(=O)N(CC#N)c2ccccc2)cc1. The molecule has 1 saturated heterocycles. The van der Waals surface area contributed by atoms with Gasteiger partial charge in [0, 0.05) is 12.2 Å². The summed E-state index contributed by atoms with van der Waals surface area (Å²) in [6.45, 7) is 1.28. The number of amides is 1. The van der Waals surface area contributed by atoms with Crippen molar-refractivity contribution in [2.75, 3.05) is 24.6 Å². The van der Waals surface area contributed by atoms with Crippen LogP contribution in [0.2, 0.25) is 0 Å². The third kappa shape index (κ3) is 5.10. The van der Waals surface area contributed by atoms with Crippen LogP contribution in [0.4, 0.5) is 5.69 Å². The van der Waals surface area contributed by atoms with Crippen molar-refractivity contribution >= 4 is 27.6 Å². The maximum atomic E-state index is 13.0. The molecule has 9 heteroatoms. The van der Waals surface area contributed by atoms with Gasteiger partial charge in [0.25, 0.3) is 5.91 Å². The monoisotopic (exact) mass is 441 g/mol. The second kappa shape index (κ2) is 9.73. The predicted molar refractivity (Wildman–Crippen MR) is 113 cm³/mol. The third-order valence-corrected chi connectivity index (χ3v) is 6.96. The molecule has 0 unspecified atom stereocenters. The minimum atomic E-state index is -3.86. The van der Waals surface area contributed by atoms with Crippen LogP contribution in [0.15, 0.2) is 59.5 Å². The van der Waals surface area contributed by atoms with Crippen LogP contribution in [-0.4, -0.2) is 50.3 Å². The fourth-order valence-corrected chi connectivity index (χ4v) is 5.06. The largest absolute Gasteiger partial charge is 0.454 e. The van der Waals surface area contributed by atoms with Crippen LogP contribution in [0.5, 0.6) is 0 Å². The highest BCUT2D eigenvalue weighted by Gasteiger charge is 2.40. The molecule has 1 amide bonds. The van der Waals surface area contributed by atoms with Gasteiger partial charge in [0.1, 0.15) is 12.6 Å². The lowest BCUT2D eigenvalue weighted by Crippen LogP contribution is -2.43. The van der Waals surface area contributed by atoms with Crippen LogP contribution >= 0.6 is 0 Å². The first-order valence-corrected chi connectivity index (χ1v) is 11.3. The lowest BCUT2D eigenvalue weighted by Gasteiger charge is -2.24. The van der Waals surface area contributed by atoms with E-state index in [9.17, 15) is 18.0 Å². The molecule has 31 heavy (non-hydrogen) atoms. The summed E-state index contributed by atoms with van der Waals surface area (Å²) < 4.78 is 32.3. The summed E-state index contributed by atoms with van der Waals surface area (Å²) in [7, 11) is -3.86. The van der Waals surface area contributed by atoms with E-state index in [0.717, 1.165) is 9.87 Å². The number of carbonyl (C=O) groups is 2. The number of nitrogens with zero attached hydrogens (tertiary/aromatic N) is 3. The number of sulfonamides is 1. The molecule has 2 aromatic rings. The Morgan fingerprint density at radius 2 is 1.84 bits per heavy atom. The second-order valence-corrected chi connectivity index (χ2v) is 9.06. The van der Waals surface area contributed by atoms with Gasteiger partial charge in [0.2, 0.25) is 10.0 Å². The summed E-state index contributed by atoms with van der Waals surface area (Å²) in [6, 6.07) is 15.9. The number of anilines is 1. The summed E-state index contributed by atoms with van der Waals surface area (Å²) in [5.41, 5.74) is 1.43. The maximum Gasteiger partial charge on any atom is 0.324 e. The van der Waals surface area contributed by atoms with Crippen molar-refractivity contribution in [2.24, 2.45) is 0 Å². The summed E-state index contributed by atoms with van der Waals surface area (Å²) in [6.07, 6.45) is 0.835. The van der Waals surface area contributed by atoms with E-state index in [1.54, 1.807) is 42.5 Å². The zero-order chi connectivity index (χ0) is 22.4. The Morgan fingerprint density at radius 3 is 2.48 bits per heavy atom. The number of aryl methyl sites for hydroxylation is 1. The number of nitriles is 1. The van der Waals surface area contributed by atoms with Crippen molar-refractivity contribution in [3.05, 3.63) is 60.2 Å². The van der Waals surface area contributed by atoms with Crippen LogP contribution in [0.3, 0.4) is 0 Å². The van der Waals surface area contributed by atoms with Crippen molar-refractivity contribution < 1.29 is 22.7 Å². The fraction of sp³-hybridized carbons (Fsp3) is 0.318. The average Bonchev–Trinajstić information content (AvgIpc) is 3.27. The van der Waals surface area contributed by atoms with Crippen molar-refractivity contribution in [1.82, 2.24) is 4.31 Å². The van der Waals surface area contributed by atoms with Gasteiger partial charge in [0.05, 0.1) is 11.0 Å². The highest BCUT2D eigenvalue weighted by molar-refractivity contribution is 7.89. The second-order valence-electron chi connectivity index (χ2n) is 7.17. The van der Waals surface area contributed by atoms with E-state index < -0.39 is 34.5 Å². The fourth-order valence-electron chi connectivity index (χ4n) is 3.42. The molecule has 0 N–H and O–H groups in total. The van der Waals surface area contributed by atoms with E-state index in [4.69, 9.17) is 10.00 Å². The number of carbonyl (C=O) groups excluding carboxylic acids is 2. The summed E-state index contributed by atoms with van der Waals surface area (Å²) in [5, 5.41) is 9.02. The van der Waals surface area contributed by atoms with Crippen LogP contribution in [0.1, 0.15) is 18.4 Å². The molecule has 1 aliphatic rings. The smallest absolute Gasteiger partial charge is 0.324 e. The molecule has 3 rings (SSSR count). The van der Waals surface area contributed by atoms with Crippen LogP contribution in [0.25, 0.3) is 0 Å². The molecule has 0 spiro atoms. The topological polar surface area (TPSA) is 108 Å². The first-order chi connectivity index (χ1) is 14.8. The first kappa shape index (κ1) is 22.5. The average molecular weight is 442 g/mol. The van der Waals surface area contributed by atoms with Gasteiger partial charge in [-0.2, -0.15) is 9.57 Å². The highest BCUT2D eigenvalue weighted by Crippen LogP contribution is 2.27. The zero-order valence-corrected chi connectivity index (χ0v) is 17.9. The molecule has 0 bridgehead atoms. The lowest BCUT2D eigenvalue weighted by molar-refractivity contribution is -0.151. The Hall–Kier alpha value is -3.22. The minimum Gasteiger partial charge on any atom is -0.454 e. The normalized spacial score (nSPS) is 16.5. The molecule has 0 aromatic heterocycles. The maximum absolute atomic E-state index is 13.0. The predicted octanol–water partition coefficient (Wildman–Crippen LogP) is 2.25. The summed E-state index contributed by atoms with van der Waals surface area (Å²) in [5.74, 6) is -1.33. The molecule has 1 fully saturated rings. The molecular weight excluding hydrogens is 418 g/mol. The standard InChI is InChI=1S/C22H23N3O5S/c1-17-9-11-19(12-10-17)31(28,29)25-14-5-8-20(25)22(27)30-16-21(26)24(15-13-23)18-6-3-2-4-7-18/h2-4,6-7,9-12,20H,5,8,14-16H2,1H3/t20-/m0/s1. The van der Waals surface area contributed by atoms with Crippen molar-refractivity contribution in [3.63, 3.8) is 0 Å². The van der Waals surface area contributed by atoms with Gasteiger partial charge in [-0.25, -0.2) is 8.42 Å². The molecule has 162 valence electrons. The van der Waals surface area contributed by atoms with E-state index in [1.807, 2.05) is 13.0 Å². The van der Waals surface area contributed by atoms with Crippen LogP contribution < -0.4 is 4.90 Å². The summed E-state index contributed by atoms with van der Waals surface area (Å²) >= 11 is 0. The Bertz CT molecular complexity index is 1080. The van der Waals surface area contributed by atoms with E-state index in [-0.39, 0.29) is 18.0 Å². The van der Waals surface area contributed by atoms with Crippen LogP contribution in [0, 0.1) is 18.3 Å². The van der Waals surface area contributed by atoms with Gasteiger partial charge in [-0.1, -0.05) is 35.9 Å². The number of hydrogen-bond acceptors (Lipinski definition) is 6. The highest BCUT2D eigenvalue weighted by atomic mass is 32.2. The molecule has 2 aromatic carbocycles. The number of ether oxygens (including phenoxy) is 1. The number of benzene rings is 2. The van der Waals surface area contributed by atoms with Gasteiger partial charge < -0.3 is 4.74 Å². The molecule has 1 atom stereocenters. The van der Waals surface area contributed by atoms with Gasteiger partial charge >= 0.3 is 5.97 Å². The van der Waals surface area contributed by atoms with E-state index >= 15 is 0 Å².